The van der Waals surface area contributed by atoms with Crippen LogP contribution in [0.1, 0.15) is 60.9 Å². The number of aryl methyl sites for hydroxylation is 4. The molecular formula is C27H37N5O3. The number of unbranched alkanes of at least 4 members (excludes halogenated alkanes) is 1. The Bertz CT molecular complexity index is 1020. The highest BCUT2D eigenvalue weighted by molar-refractivity contribution is 5.86. The summed E-state index contributed by atoms with van der Waals surface area (Å²) in [6, 6.07) is 11.4. The number of hydrogen-bond acceptors (Lipinski definition) is 5. The highest BCUT2D eigenvalue weighted by atomic mass is 16.2. The highest BCUT2D eigenvalue weighted by Gasteiger charge is 2.18. The van der Waals surface area contributed by atoms with E-state index in [2.05, 4.69) is 33.1 Å². The van der Waals surface area contributed by atoms with E-state index >= 15 is 0 Å². The number of pyridine rings is 1. The molecule has 1 aromatic heterocycles. The fourth-order valence-electron chi connectivity index (χ4n) is 4.22. The first-order valence-corrected chi connectivity index (χ1v) is 12.5. The molecule has 2 aromatic rings. The van der Waals surface area contributed by atoms with Crippen molar-refractivity contribution in [2.75, 3.05) is 18.4 Å². The Labute approximate surface area is 207 Å². The summed E-state index contributed by atoms with van der Waals surface area (Å²) in [5.74, 6) is 0.0969. The SMILES string of the molecule is Cc1cccc(CCC(=O)NC(CCNC(=O)CCCCc2ccc3c(n2)NCCC3)C(N)=O)c1. The van der Waals surface area contributed by atoms with Crippen LogP contribution in [0.5, 0.6) is 0 Å². The molecule has 1 unspecified atom stereocenters. The van der Waals surface area contributed by atoms with Crippen LogP contribution >= 0.6 is 0 Å². The molecule has 1 aliphatic rings. The molecule has 3 rings (SSSR count). The number of nitrogens with zero attached hydrogens (tertiary/aromatic N) is 1. The molecule has 2 heterocycles. The number of benzene rings is 1. The summed E-state index contributed by atoms with van der Waals surface area (Å²) in [4.78, 5) is 40.9. The normalized spacial score (nSPS) is 13.3. The molecule has 1 atom stereocenters. The van der Waals surface area contributed by atoms with E-state index in [9.17, 15) is 14.4 Å². The van der Waals surface area contributed by atoms with Gasteiger partial charge < -0.3 is 21.7 Å². The number of anilines is 1. The van der Waals surface area contributed by atoms with Crippen LogP contribution in [0.25, 0.3) is 0 Å². The number of aromatic nitrogens is 1. The molecule has 0 fully saturated rings. The lowest BCUT2D eigenvalue weighted by molar-refractivity contribution is -0.127. The van der Waals surface area contributed by atoms with Crippen LogP contribution in [-0.4, -0.2) is 41.8 Å². The van der Waals surface area contributed by atoms with Gasteiger partial charge in [0.05, 0.1) is 0 Å². The predicted octanol–water partition coefficient (Wildman–Crippen LogP) is 2.57. The van der Waals surface area contributed by atoms with Crippen LogP contribution in [0.3, 0.4) is 0 Å². The van der Waals surface area contributed by atoms with E-state index < -0.39 is 11.9 Å². The summed E-state index contributed by atoms with van der Waals surface area (Å²) in [7, 11) is 0. The molecule has 0 saturated heterocycles. The molecule has 188 valence electrons. The number of fused-ring (bicyclic) bond motifs is 1. The van der Waals surface area contributed by atoms with Crippen molar-refractivity contribution in [2.45, 2.75) is 70.8 Å². The van der Waals surface area contributed by atoms with Gasteiger partial charge in [-0.2, -0.15) is 0 Å². The zero-order chi connectivity index (χ0) is 25.0. The van der Waals surface area contributed by atoms with E-state index in [4.69, 9.17) is 5.73 Å². The second-order valence-electron chi connectivity index (χ2n) is 9.20. The molecule has 8 nitrogen and oxygen atoms in total. The fraction of sp³-hybridized carbons (Fsp3) is 0.481. The molecule has 8 heteroatoms. The number of carbonyl (C=O) groups is 3. The van der Waals surface area contributed by atoms with Gasteiger partial charge in [-0.3, -0.25) is 14.4 Å². The molecule has 0 saturated carbocycles. The molecule has 0 spiro atoms. The fourth-order valence-corrected chi connectivity index (χ4v) is 4.22. The van der Waals surface area contributed by atoms with Crippen molar-refractivity contribution in [2.24, 2.45) is 5.73 Å². The number of nitrogens with one attached hydrogen (secondary N) is 3. The first-order valence-electron chi connectivity index (χ1n) is 12.5. The van der Waals surface area contributed by atoms with Gasteiger partial charge in [0.1, 0.15) is 11.9 Å². The summed E-state index contributed by atoms with van der Waals surface area (Å²) < 4.78 is 0. The summed E-state index contributed by atoms with van der Waals surface area (Å²) in [6.07, 6.45) is 6.22. The molecule has 0 bridgehead atoms. The Morgan fingerprint density at radius 2 is 1.94 bits per heavy atom. The van der Waals surface area contributed by atoms with Crippen molar-refractivity contribution in [3.05, 3.63) is 58.8 Å². The molecule has 5 N–H and O–H groups in total. The van der Waals surface area contributed by atoms with Gasteiger partial charge in [-0.15, -0.1) is 0 Å². The molecule has 1 aromatic carbocycles. The Balaban J connectivity index is 1.30. The van der Waals surface area contributed by atoms with Crippen molar-refractivity contribution in [3.8, 4) is 0 Å². The maximum absolute atomic E-state index is 12.3. The van der Waals surface area contributed by atoms with E-state index in [-0.39, 0.29) is 31.2 Å². The average Bonchev–Trinajstić information content (AvgIpc) is 2.84. The second kappa shape index (κ2) is 13.5. The van der Waals surface area contributed by atoms with Crippen molar-refractivity contribution >= 4 is 23.5 Å². The van der Waals surface area contributed by atoms with E-state index in [1.165, 1.54) is 5.56 Å². The minimum atomic E-state index is -0.802. The lowest BCUT2D eigenvalue weighted by Crippen LogP contribution is -2.46. The monoisotopic (exact) mass is 479 g/mol. The van der Waals surface area contributed by atoms with Crippen LogP contribution in [0.15, 0.2) is 36.4 Å². The minimum Gasteiger partial charge on any atom is -0.370 e. The zero-order valence-electron chi connectivity index (χ0n) is 20.6. The molecule has 0 radical (unpaired) electrons. The lowest BCUT2D eigenvalue weighted by Gasteiger charge is -2.17. The number of carbonyl (C=O) groups excluding carboxylic acids is 3. The van der Waals surface area contributed by atoms with Gasteiger partial charge in [-0.25, -0.2) is 4.98 Å². The maximum Gasteiger partial charge on any atom is 0.240 e. The van der Waals surface area contributed by atoms with Gasteiger partial charge >= 0.3 is 0 Å². The van der Waals surface area contributed by atoms with Crippen molar-refractivity contribution in [1.82, 2.24) is 15.6 Å². The molecular weight excluding hydrogens is 442 g/mol. The van der Waals surface area contributed by atoms with E-state index in [0.717, 1.165) is 61.3 Å². The quantitative estimate of drug-likeness (QED) is 0.329. The Hall–Kier alpha value is -3.42. The molecule has 35 heavy (non-hydrogen) atoms. The standard InChI is InChI=1S/C27H37N5O3/c1-19-6-4-7-20(18-19)11-14-25(34)32-23(26(28)35)15-17-29-24(33)10-3-2-9-22-13-12-21-8-5-16-30-27(21)31-22/h4,6-7,12-13,18,23H,2-3,5,8-11,14-17H2,1H3,(H2,28,35)(H,29,33)(H,30,31)(H,32,34). The largest absolute Gasteiger partial charge is 0.370 e. The highest BCUT2D eigenvalue weighted by Crippen LogP contribution is 2.20. The first-order chi connectivity index (χ1) is 16.9. The third-order valence-corrected chi connectivity index (χ3v) is 6.20. The topological polar surface area (TPSA) is 126 Å². The molecule has 3 amide bonds. The number of primary amides is 1. The van der Waals surface area contributed by atoms with Gasteiger partial charge in [-0.1, -0.05) is 35.9 Å². The first kappa shape index (κ1) is 26.2. The van der Waals surface area contributed by atoms with E-state index in [1.807, 2.05) is 31.2 Å². The smallest absolute Gasteiger partial charge is 0.240 e. The third-order valence-electron chi connectivity index (χ3n) is 6.20. The van der Waals surface area contributed by atoms with Crippen molar-refractivity contribution in [1.29, 1.82) is 0 Å². The van der Waals surface area contributed by atoms with Crippen LogP contribution < -0.4 is 21.7 Å². The lowest BCUT2D eigenvalue weighted by atomic mass is 10.1. The van der Waals surface area contributed by atoms with Crippen LogP contribution in [0.4, 0.5) is 5.82 Å². The zero-order valence-corrected chi connectivity index (χ0v) is 20.6. The van der Waals surface area contributed by atoms with Crippen molar-refractivity contribution in [3.63, 3.8) is 0 Å². The van der Waals surface area contributed by atoms with Gasteiger partial charge in [-0.05, 0) is 69.1 Å². The Morgan fingerprint density at radius 3 is 2.74 bits per heavy atom. The Kier molecular flexibility index (Phi) is 10.1. The maximum atomic E-state index is 12.3. The van der Waals surface area contributed by atoms with Crippen LogP contribution in [0, 0.1) is 6.92 Å². The third kappa shape index (κ3) is 9.03. The number of amides is 3. The number of rotatable bonds is 13. The van der Waals surface area contributed by atoms with E-state index in [1.54, 1.807) is 0 Å². The summed E-state index contributed by atoms with van der Waals surface area (Å²) in [5, 5.41) is 8.86. The second-order valence-corrected chi connectivity index (χ2v) is 9.20. The van der Waals surface area contributed by atoms with Crippen LogP contribution in [0.2, 0.25) is 0 Å². The van der Waals surface area contributed by atoms with Crippen molar-refractivity contribution < 1.29 is 14.4 Å². The summed E-state index contributed by atoms with van der Waals surface area (Å²) >= 11 is 0. The summed E-state index contributed by atoms with van der Waals surface area (Å²) in [6.45, 7) is 3.25. The number of nitrogens with two attached hydrogens (primary N) is 1. The Morgan fingerprint density at radius 1 is 1.09 bits per heavy atom. The molecule has 0 aliphatic carbocycles. The number of hydrogen-bond donors (Lipinski definition) is 4. The van der Waals surface area contributed by atoms with Gasteiger partial charge in [0, 0.05) is 31.6 Å². The van der Waals surface area contributed by atoms with Gasteiger partial charge in [0.15, 0.2) is 0 Å². The molecule has 1 aliphatic heterocycles. The summed E-state index contributed by atoms with van der Waals surface area (Å²) in [5.41, 5.74) is 9.98. The van der Waals surface area contributed by atoms with Gasteiger partial charge in [0.2, 0.25) is 17.7 Å². The minimum absolute atomic E-state index is 0.0703. The average molecular weight is 480 g/mol. The van der Waals surface area contributed by atoms with Crippen LogP contribution in [-0.2, 0) is 33.6 Å². The predicted molar refractivity (Wildman–Crippen MR) is 137 cm³/mol. The van der Waals surface area contributed by atoms with E-state index in [0.29, 0.717) is 12.8 Å². The van der Waals surface area contributed by atoms with Gasteiger partial charge in [0.25, 0.3) is 0 Å².